The van der Waals surface area contributed by atoms with Crippen molar-refractivity contribution in [2.24, 2.45) is 5.92 Å². The normalized spacial score (nSPS) is 14.8. The molecule has 1 aromatic heterocycles. The van der Waals surface area contributed by atoms with Crippen LogP contribution < -0.4 is 10.1 Å². The molecule has 7 nitrogen and oxygen atoms in total. The van der Waals surface area contributed by atoms with Crippen molar-refractivity contribution in [1.82, 2.24) is 10.3 Å². The number of ether oxygens (including phenoxy) is 1. The lowest BCUT2D eigenvalue weighted by Gasteiger charge is -2.40. The third kappa shape index (κ3) is 10.3. The molecule has 2 N–H and O–H groups in total. The molecule has 0 fully saturated rings. The number of nitrogens with zero attached hydrogens (tertiary/aromatic N) is 1. The third-order valence-corrected chi connectivity index (χ3v) is 11.8. The molecule has 0 aliphatic rings. The summed E-state index contributed by atoms with van der Waals surface area (Å²) in [4.78, 5) is 28.6. The van der Waals surface area contributed by atoms with Crippen molar-refractivity contribution in [1.29, 1.82) is 0 Å². The van der Waals surface area contributed by atoms with Gasteiger partial charge in [0.15, 0.2) is 8.32 Å². The molecule has 2 aromatic rings. The molecule has 1 aromatic carbocycles. The summed E-state index contributed by atoms with van der Waals surface area (Å²) < 4.78 is 11.9. The SMILES string of the molecule is COc1ccc(CC(NC(=O)/C=C/C[C@H](O[Si](C)(C)C(C)(C)C)[C@H](C)/C=C/c2ccncc2)C(=O)O)cc1Cl. The Bertz CT molecular complexity index is 1160. The number of aromatic nitrogens is 1. The summed E-state index contributed by atoms with van der Waals surface area (Å²) in [5, 5.41) is 12.7. The highest BCUT2D eigenvalue weighted by atomic mass is 35.5. The number of carboxylic acid groups (broad SMARTS) is 1. The van der Waals surface area contributed by atoms with Gasteiger partial charge in [-0.15, -0.1) is 0 Å². The van der Waals surface area contributed by atoms with Gasteiger partial charge in [0.05, 0.1) is 18.2 Å². The number of rotatable bonds is 13. The zero-order chi connectivity index (χ0) is 29.2. The van der Waals surface area contributed by atoms with Gasteiger partial charge in [-0.05, 0) is 71.9 Å². The van der Waals surface area contributed by atoms with Gasteiger partial charge in [0.2, 0.25) is 5.91 Å². The van der Waals surface area contributed by atoms with E-state index in [0.717, 1.165) is 5.56 Å². The van der Waals surface area contributed by atoms with Crippen molar-refractivity contribution in [3.8, 4) is 5.75 Å². The first-order valence-electron chi connectivity index (χ1n) is 13.0. The van der Waals surface area contributed by atoms with E-state index in [4.69, 9.17) is 20.8 Å². The Morgan fingerprint density at radius 1 is 1.18 bits per heavy atom. The summed E-state index contributed by atoms with van der Waals surface area (Å²) in [6, 6.07) is 7.82. The fraction of sp³-hybridized carbons (Fsp3) is 0.433. The van der Waals surface area contributed by atoms with E-state index in [1.54, 1.807) is 36.7 Å². The van der Waals surface area contributed by atoms with Crippen LogP contribution in [-0.4, -0.2) is 49.5 Å². The van der Waals surface area contributed by atoms with E-state index >= 15 is 0 Å². The van der Waals surface area contributed by atoms with Gasteiger partial charge >= 0.3 is 5.97 Å². The summed E-state index contributed by atoms with van der Waals surface area (Å²) in [6.07, 6.45) is 11.3. The molecular weight excluding hydrogens is 532 g/mol. The number of methoxy groups -OCH3 is 1. The Kier molecular flexibility index (Phi) is 12.0. The maximum Gasteiger partial charge on any atom is 0.326 e. The van der Waals surface area contributed by atoms with Crippen LogP contribution in [0.5, 0.6) is 5.75 Å². The predicted octanol–water partition coefficient (Wildman–Crippen LogP) is 6.54. The van der Waals surface area contributed by atoms with Crippen LogP contribution in [0.2, 0.25) is 23.2 Å². The topological polar surface area (TPSA) is 97.8 Å². The van der Waals surface area contributed by atoms with Crippen molar-refractivity contribution >= 4 is 37.9 Å². The highest BCUT2D eigenvalue weighted by Gasteiger charge is 2.39. The highest BCUT2D eigenvalue weighted by Crippen LogP contribution is 2.38. The summed E-state index contributed by atoms with van der Waals surface area (Å²) >= 11 is 6.17. The number of benzene rings is 1. The Morgan fingerprint density at radius 3 is 2.41 bits per heavy atom. The maximum atomic E-state index is 12.7. The largest absolute Gasteiger partial charge is 0.495 e. The molecule has 0 radical (unpaired) electrons. The Morgan fingerprint density at radius 2 is 1.85 bits per heavy atom. The molecule has 0 saturated carbocycles. The highest BCUT2D eigenvalue weighted by molar-refractivity contribution is 6.74. The van der Waals surface area contributed by atoms with Crippen molar-refractivity contribution in [3.63, 3.8) is 0 Å². The molecule has 0 aliphatic carbocycles. The molecule has 212 valence electrons. The second-order valence-corrected chi connectivity index (χ2v) is 16.3. The molecule has 0 aliphatic heterocycles. The molecule has 1 unspecified atom stereocenters. The fourth-order valence-electron chi connectivity index (χ4n) is 3.59. The van der Waals surface area contributed by atoms with Gasteiger partial charge in [0.25, 0.3) is 0 Å². The molecule has 0 bridgehead atoms. The zero-order valence-corrected chi connectivity index (χ0v) is 25.7. The lowest BCUT2D eigenvalue weighted by molar-refractivity contribution is -0.141. The number of hydrogen-bond donors (Lipinski definition) is 2. The number of aliphatic carboxylic acids is 1. The number of nitrogens with one attached hydrogen (secondary N) is 1. The van der Waals surface area contributed by atoms with Crippen LogP contribution in [0.3, 0.4) is 0 Å². The van der Waals surface area contributed by atoms with E-state index in [9.17, 15) is 14.7 Å². The van der Waals surface area contributed by atoms with E-state index in [1.165, 1.54) is 13.2 Å². The predicted molar refractivity (Wildman–Crippen MR) is 160 cm³/mol. The van der Waals surface area contributed by atoms with Crippen molar-refractivity contribution in [2.75, 3.05) is 7.11 Å². The number of carboxylic acids is 1. The van der Waals surface area contributed by atoms with Gasteiger partial charge in [0.1, 0.15) is 11.8 Å². The second-order valence-electron chi connectivity index (χ2n) is 11.1. The van der Waals surface area contributed by atoms with E-state index in [0.29, 0.717) is 22.8 Å². The second kappa shape index (κ2) is 14.4. The number of pyridine rings is 1. The van der Waals surface area contributed by atoms with Crippen LogP contribution in [0.15, 0.2) is 61.0 Å². The van der Waals surface area contributed by atoms with E-state index in [2.05, 4.69) is 57.2 Å². The average Bonchev–Trinajstić information content (AvgIpc) is 2.86. The molecule has 39 heavy (non-hydrogen) atoms. The van der Waals surface area contributed by atoms with E-state index < -0.39 is 26.2 Å². The zero-order valence-electron chi connectivity index (χ0n) is 23.9. The van der Waals surface area contributed by atoms with Crippen LogP contribution >= 0.6 is 11.6 Å². The lowest BCUT2D eigenvalue weighted by Crippen LogP contribution is -2.45. The first-order chi connectivity index (χ1) is 18.2. The fourth-order valence-corrected chi connectivity index (χ4v) is 5.29. The number of carbonyl (C=O) groups excluding carboxylic acids is 1. The van der Waals surface area contributed by atoms with Crippen LogP contribution in [0, 0.1) is 5.92 Å². The number of hydrogen-bond acceptors (Lipinski definition) is 5. The van der Waals surface area contributed by atoms with Crippen LogP contribution in [0.25, 0.3) is 6.08 Å². The molecule has 2 rings (SSSR count). The standard InChI is InChI=1S/C30H41ClN2O5Si/c1-21(11-12-22-15-17-32-18-16-22)26(38-39(6,7)30(2,3)4)9-8-10-28(34)33-25(29(35)36)20-23-13-14-27(37-5)24(31)19-23/h8,10-19,21,25-26H,9,20H2,1-7H3,(H,33,34)(H,35,36)/b10-8+,12-11+/t21-,25?,26+/m1/s1. The number of halogens is 1. The Labute approximate surface area is 238 Å². The quantitative estimate of drug-likeness (QED) is 0.209. The van der Waals surface area contributed by atoms with Crippen LogP contribution in [0.4, 0.5) is 0 Å². The summed E-state index contributed by atoms with van der Waals surface area (Å²) in [5.41, 5.74) is 1.73. The van der Waals surface area contributed by atoms with Gasteiger partial charge in [0, 0.05) is 18.8 Å². The minimum Gasteiger partial charge on any atom is -0.495 e. The third-order valence-electron chi connectivity index (χ3n) is 7.05. The van der Waals surface area contributed by atoms with Gasteiger partial charge in [-0.2, -0.15) is 0 Å². The molecule has 0 spiro atoms. The first kappa shape index (κ1) is 32.3. The minimum absolute atomic E-state index is 0.0277. The lowest BCUT2D eigenvalue weighted by atomic mass is 10.00. The van der Waals surface area contributed by atoms with Crippen LogP contribution in [0.1, 0.15) is 45.2 Å². The van der Waals surface area contributed by atoms with Gasteiger partial charge in [-0.1, -0.05) is 63.6 Å². The van der Waals surface area contributed by atoms with E-state index in [1.807, 2.05) is 18.2 Å². The molecule has 1 amide bonds. The molecule has 1 heterocycles. The van der Waals surface area contributed by atoms with E-state index in [-0.39, 0.29) is 23.5 Å². The van der Waals surface area contributed by atoms with Crippen molar-refractivity contribution in [3.05, 3.63) is 77.1 Å². The van der Waals surface area contributed by atoms with Crippen molar-refractivity contribution in [2.45, 2.75) is 70.8 Å². The average molecular weight is 573 g/mol. The maximum absolute atomic E-state index is 12.7. The monoisotopic (exact) mass is 572 g/mol. The smallest absolute Gasteiger partial charge is 0.326 e. The Hall–Kier alpha value is -2.94. The minimum atomic E-state index is -2.09. The Balaban J connectivity index is 2.11. The number of amides is 1. The summed E-state index contributed by atoms with van der Waals surface area (Å²) in [5.74, 6) is -1.03. The number of carbonyl (C=O) groups is 2. The van der Waals surface area contributed by atoms with Gasteiger partial charge < -0.3 is 19.6 Å². The van der Waals surface area contributed by atoms with Gasteiger partial charge in [-0.25, -0.2) is 4.79 Å². The van der Waals surface area contributed by atoms with Gasteiger partial charge in [-0.3, -0.25) is 9.78 Å². The molecule has 9 heteroatoms. The summed E-state index contributed by atoms with van der Waals surface area (Å²) in [7, 11) is -0.581. The summed E-state index contributed by atoms with van der Waals surface area (Å²) in [6.45, 7) is 13.1. The first-order valence-corrected chi connectivity index (χ1v) is 16.3. The van der Waals surface area contributed by atoms with Crippen molar-refractivity contribution < 1.29 is 23.9 Å². The molecule has 0 saturated heterocycles. The van der Waals surface area contributed by atoms with Crippen LogP contribution in [-0.2, 0) is 20.4 Å². The molecule has 3 atom stereocenters. The molecular formula is C30H41ClN2O5Si.